The fourth-order valence-corrected chi connectivity index (χ4v) is 6.07. The van der Waals surface area contributed by atoms with Gasteiger partial charge in [-0.05, 0) is 65.7 Å². The van der Waals surface area contributed by atoms with Crippen molar-refractivity contribution in [3.63, 3.8) is 0 Å². The largest absolute Gasteiger partial charge is 0.452 e. The molecule has 41 heavy (non-hydrogen) atoms. The fraction of sp³-hybridized carbons (Fsp3) is 0. The van der Waals surface area contributed by atoms with Crippen LogP contribution >= 0.6 is 0 Å². The quantitative estimate of drug-likeness (QED) is 0.230. The fourth-order valence-electron chi connectivity index (χ4n) is 6.07. The van der Waals surface area contributed by atoms with Gasteiger partial charge in [-0.3, -0.25) is 4.57 Å². The van der Waals surface area contributed by atoms with Crippen LogP contribution in [0.3, 0.4) is 0 Å². The molecule has 0 radical (unpaired) electrons. The van der Waals surface area contributed by atoms with E-state index >= 15 is 0 Å². The van der Waals surface area contributed by atoms with Crippen LogP contribution in [-0.2, 0) is 0 Å². The number of nitrogens with zero attached hydrogens (tertiary/aromatic N) is 2. The van der Waals surface area contributed by atoms with Crippen molar-refractivity contribution in [3.8, 4) is 28.2 Å². The van der Waals surface area contributed by atoms with E-state index < -0.39 is 0 Å². The van der Waals surface area contributed by atoms with Gasteiger partial charge in [0.25, 0.3) is 0 Å². The second-order valence-electron chi connectivity index (χ2n) is 10.4. The van der Waals surface area contributed by atoms with Gasteiger partial charge in [-0.1, -0.05) is 78.9 Å². The third kappa shape index (κ3) is 3.31. The molecule has 4 heteroatoms. The lowest BCUT2D eigenvalue weighted by Crippen LogP contribution is -1.97. The number of furan rings is 2. The summed E-state index contributed by atoms with van der Waals surface area (Å²) < 4.78 is 14.8. The van der Waals surface area contributed by atoms with Crippen molar-refractivity contribution in [3.05, 3.63) is 133 Å². The highest BCUT2D eigenvalue weighted by atomic mass is 16.4. The Balaban J connectivity index is 1.16. The summed E-state index contributed by atoms with van der Waals surface area (Å²) in [4.78, 5) is 4.98. The smallest absolute Gasteiger partial charge is 0.178 e. The first-order valence-electron chi connectivity index (χ1n) is 13.7. The zero-order valence-corrected chi connectivity index (χ0v) is 21.9. The van der Waals surface area contributed by atoms with Gasteiger partial charge in [0, 0.05) is 32.8 Å². The van der Waals surface area contributed by atoms with Gasteiger partial charge < -0.3 is 8.83 Å². The van der Waals surface area contributed by atoms with Crippen molar-refractivity contribution in [1.82, 2.24) is 9.55 Å². The molecule has 0 aliphatic carbocycles. The van der Waals surface area contributed by atoms with E-state index in [2.05, 4.69) is 108 Å². The van der Waals surface area contributed by atoms with Crippen molar-refractivity contribution in [2.45, 2.75) is 0 Å². The van der Waals surface area contributed by atoms with Crippen molar-refractivity contribution in [2.75, 3.05) is 0 Å². The number of rotatable bonds is 3. The normalized spacial score (nSPS) is 11.9. The number of hydrogen-bond donors (Lipinski definition) is 0. The average Bonchev–Trinajstić information content (AvgIpc) is 3.72. The molecule has 0 atom stereocenters. The number of para-hydroxylation sites is 3. The van der Waals surface area contributed by atoms with E-state index in [1.54, 1.807) is 0 Å². The summed E-state index contributed by atoms with van der Waals surface area (Å²) in [6, 6.07) is 46.1. The standard InChI is InChI=1S/C37H22N2O2/c1-2-8-24(9-3-1)37-38-31-11-5-6-12-32(31)39(37)26-17-14-23(15-18-26)25-16-21-34-30(22-25)29-20-19-28-27-10-4-7-13-33(27)40-35(28)36(29)41-34/h1-22H. The molecule has 0 fully saturated rings. The second-order valence-corrected chi connectivity index (χ2v) is 10.4. The molecule has 0 aliphatic rings. The van der Waals surface area contributed by atoms with E-state index in [4.69, 9.17) is 13.8 Å². The van der Waals surface area contributed by atoms with Crippen molar-refractivity contribution >= 4 is 54.9 Å². The molecular formula is C37H22N2O2. The highest BCUT2D eigenvalue weighted by Crippen LogP contribution is 2.40. The molecule has 3 aromatic heterocycles. The molecule has 0 N–H and O–H groups in total. The van der Waals surface area contributed by atoms with Crippen molar-refractivity contribution < 1.29 is 8.83 Å². The number of hydrogen-bond acceptors (Lipinski definition) is 3. The Labute approximate surface area is 234 Å². The van der Waals surface area contributed by atoms with Crippen LogP contribution in [0.1, 0.15) is 0 Å². The minimum absolute atomic E-state index is 0.793. The molecule has 0 aliphatic heterocycles. The summed E-state index contributed by atoms with van der Waals surface area (Å²) in [6.07, 6.45) is 0. The van der Waals surface area contributed by atoms with Crippen LogP contribution in [0.15, 0.2) is 142 Å². The monoisotopic (exact) mass is 526 g/mol. The van der Waals surface area contributed by atoms with E-state index in [0.717, 1.165) is 83.1 Å². The first-order valence-corrected chi connectivity index (χ1v) is 13.7. The van der Waals surface area contributed by atoms with Crippen LogP contribution in [0.2, 0.25) is 0 Å². The third-order valence-corrected chi connectivity index (χ3v) is 8.03. The first-order chi connectivity index (χ1) is 20.3. The molecular weight excluding hydrogens is 504 g/mol. The van der Waals surface area contributed by atoms with Gasteiger partial charge in [-0.25, -0.2) is 4.98 Å². The zero-order valence-electron chi connectivity index (χ0n) is 21.9. The maximum atomic E-state index is 6.35. The Hall–Kier alpha value is -5.61. The van der Waals surface area contributed by atoms with Gasteiger partial charge in [0.1, 0.15) is 17.0 Å². The number of benzene rings is 6. The summed E-state index contributed by atoms with van der Waals surface area (Å²) in [6.45, 7) is 0. The summed E-state index contributed by atoms with van der Waals surface area (Å²) in [7, 11) is 0. The molecule has 0 amide bonds. The number of imidazole rings is 1. The maximum Gasteiger partial charge on any atom is 0.178 e. The lowest BCUT2D eigenvalue weighted by molar-refractivity contribution is 0.633. The molecule has 192 valence electrons. The van der Waals surface area contributed by atoms with Crippen LogP contribution in [0.5, 0.6) is 0 Å². The zero-order chi connectivity index (χ0) is 26.9. The van der Waals surface area contributed by atoms with Gasteiger partial charge in [-0.15, -0.1) is 0 Å². The predicted molar refractivity (Wildman–Crippen MR) is 166 cm³/mol. The Kier molecular flexibility index (Phi) is 4.58. The van der Waals surface area contributed by atoms with Gasteiger partial charge in [0.2, 0.25) is 0 Å². The van der Waals surface area contributed by atoms with Gasteiger partial charge >= 0.3 is 0 Å². The summed E-state index contributed by atoms with van der Waals surface area (Å²) in [5, 5.41) is 4.31. The van der Waals surface area contributed by atoms with E-state index in [1.165, 1.54) is 0 Å². The molecule has 0 spiro atoms. The maximum absolute atomic E-state index is 6.35. The molecule has 0 unspecified atom stereocenters. The molecule has 0 saturated heterocycles. The second kappa shape index (κ2) is 8.44. The van der Waals surface area contributed by atoms with Gasteiger partial charge in [-0.2, -0.15) is 0 Å². The van der Waals surface area contributed by atoms with E-state index in [-0.39, 0.29) is 0 Å². The lowest BCUT2D eigenvalue weighted by atomic mass is 10.0. The predicted octanol–water partition coefficient (Wildman–Crippen LogP) is 10.2. The Morgan fingerprint density at radius 2 is 1.12 bits per heavy atom. The molecule has 9 aromatic rings. The Morgan fingerprint density at radius 3 is 1.95 bits per heavy atom. The number of fused-ring (bicyclic) bond motifs is 8. The van der Waals surface area contributed by atoms with Gasteiger partial charge in [0.15, 0.2) is 11.2 Å². The molecule has 6 aromatic carbocycles. The summed E-state index contributed by atoms with van der Waals surface area (Å²) in [5.74, 6) is 0.933. The molecule has 0 saturated carbocycles. The van der Waals surface area contributed by atoms with Gasteiger partial charge in [0.05, 0.1) is 11.0 Å². The lowest BCUT2D eigenvalue weighted by Gasteiger charge is -2.11. The van der Waals surface area contributed by atoms with Crippen molar-refractivity contribution in [1.29, 1.82) is 0 Å². The Morgan fingerprint density at radius 1 is 0.463 bits per heavy atom. The first kappa shape index (κ1) is 22.2. The van der Waals surface area contributed by atoms with Crippen LogP contribution < -0.4 is 0 Å². The van der Waals surface area contributed by atoms with E-state index in [9.17, 15) is 0 Å². The molecule has 9 rings (SSSR count). The van der Waals surface area contributed by atoms with E-state index in [0.29, 0.717) is 0 Å². The topological polar surface area (TPSA) is 44.1 Å². The highest BCUT2D eigenvalue weighted by Gasteiger charge is 2.17. The number of aromatic nitrogens is 2. The minimum atomic E-state index is 0.793. The SMILES string of the molecule is c1ccc(-c2nc3ccccc3n2-c2ccc(-c3ccc4oc5c(ccc6c7ccccc7oc65)c4c3)cc2)cc1. The Bertz CT molecular complexity index is 2410. The van der Waals surface area contributed by atoms with Crippen LogP contribution in [0.25, 0.3) is 83.1 Å². The van der Waals surface area contributed by atoms with Crippen molar-refractivity contribution in [2.24, 2.45) is 0 Å². The third-order valence-electron chi connectivity index (χ3n) is 8.03. The minimum Gasteiger partial charge on any atom is -0.452 e. The molecule has 4 nitrogen and oxygen atoms in total. The summed E-state index contributed by atoms with van der Waals surface area (Å²) in [5.41, 5.74) is 9.81. The van der Waals surface area contributed by atoms with Crippen LogP contribution in [0.4, 0.5) is 0 Å². The van der Waals surface area contributed by atoms with Crippen LogP contribution in [-0.4, -0.2) is 9.55 Å². The average molecular weight is 527 g/mol. The highest BCUT2D eigenvalue weighted by molar-refractivity contribution is 6.19. The van der Waals surface area contributed by atoms with E-state index in [1.807, 2.05) is 30.3 Å². The summed E-state index contributed by atoms with van der Waals surface area (Å²) >= 11 is 0. The molecule has 0 bridgehead atoms. The molecule has 3 heterocycles. The van der Waals surface area contributed by atoms with Crippen LogP contribution in [0, 0.1) is 0 Å².